The summed E-state index contributed by atoms with van der Waals surface area (Å²) < 4.78 is 5.14. The molecule has 0 heterocycles. The van der Waals surface area contributed by atoms with Gasteiger partial charge in [-0.2, -0.15) is 0 Å². The predicted molar refractivity (Wildman–Crippen MR) is 53.9 cm³/mol. The van der Waals surface area contributed by atoms with Gasteiger partial charge in [0.1, 0.15) is 5.75 Å². The minimum Gasteiger partial charge on any atom is -0.496 e. The van der Waals surface area contributed by atoms with Crippen LogP contribution in [0.5, 0.6) is 5.75 Å². The Kier molecular flexibility index (Phi) is 3.51. The van der Waals surface area contributed by atoms with Crippen LogP contribution in [-0.4, -0.2) is 18.2 Å². The van der Waals surface area contributed by atoms with Crippen LogP contribution in [0.25, 0.3) is 0 Å². The summed E-state index contributed by atoms with van der Waals surface area (Å²) >= 11 is 0. The highest BCUT2D eigenvalue weighted by molar-refractivity contribution is 5.88. The fraction of sp³-hybridized carbons (Fsp3) is 0.364. The van der Waals surface area contributed by atoms with Crippen LogP contribution in [0.4, 0.5) is 0 Å². The van der Waals surface area contributed by atoms with Crippen molar-refractivity contribution >= 4 is 5.97 Å². The fourth-order valence-electron chi connectivity index (χ4n) is 1.38. The molecule has 0 spiro atoms. The number of methoxy groups -OCH3 is 1. The van der Waals surface area contributed by atoms with E-state index in [2.05, 4.69) is 0 Å². The predicted octanol–water partition coefficient (Wildman–Crippen LogP) is 2.35. The van der Waals surface area contributed by atoms with E-state index in [1.165, 1.54) is 0 Å². The Morgan fingerprint density at radius 2 is 2.21 bits per heavy atom. The van der Waals surface area contributed by atoms with Crippen molar-refractivity contribution in [3.63, 3.8) is 0 Å². The van der Waals surface area contributed by atoms with E-state index in [-0.39, 0.29) is 0 Å². The number of aromatic carboxylic acids is 1. The lowest BCUT2D eigenvalue weighted by molar-refractivity contribution is 0.0696. The average Bonchev–Trinajstić information content (AvgIpc) is 2.18. The molecule has 0 saturated heterocycles. The largest absolute Gasteiger partial charge is 0.496 e. The van der Waals surface area contributed by atoms with Gasteiger partial charge in [-0.05, 0) is 30.2 Å². The Hall–Kier alpha value is -1.51. The summed E-state index contributed by atoms with van der Waals surface area (Å²) in [6.07, 6.45) is 1.81. The quantitative estimate of drug-likeness (QED) is 0.800. The van der Waals surface area contributed by atoms with Crippen LogP contribution in [-0.2, 0) is 6.42 Å². The van der Waals surface area contributed by atoms with Crippen LogP contribution in [0.3, 0.4) is 0 Å². The molecule has 0 radical (unpaired) electrons. The van der Waals surface area contributed by atoms with Crippen LogP contribution in [0.2, 0.25) is 0 Å². The lowest BCUT2D eigenvalue weighted by Crippen LogP contribution is -1.99. The second-order valence-corrected chi connectivity index (χ2v) is 3.08. The second-order valence-electron chi connectivity index (χ2n) is 3.08. The average molecular weight is 194 g/mol. The Balaban J connectivity index is 3.07. The lowest BCUT2D eigenvalue weighted by Gasteiger charge is -2.07. The first kappa shape index (κ1) is 10.6. The standard InChI is InChI=1S/C11H14O3/c1-3-4-8-7-9(11(12)13)5-6-10(8)14-2/h5-7H,3-4H2,1-2H3,(H,12,13). The molecule has 0 atom stereocenters. The third-order valence-corrected chi connectivity index (χ3v) is 2.05. The van der Waals surface area contributed by atoms with Gasteiger partial charge in [0.2, 0.25) is 0 Å². The summed E-state index contributed by atoms with van der Waals surface area (Å²) in [7, 11) is 1.59. The maximum absolute atomic E-state index is 10.7. The highest BCUT2D eigenvalue weighted by Gasteiger charge is 2.07. The molecule has 0 amide bonds. The Morgan fingerprint density at radius 3 is 2.71 bits per heavy atom. The van der Waals surface area contributed by atoms with Crippen LogP contribution in [0.15, 0.2) is 18.2 Å². The Labute approximate surface area is 83.3 Å². The van der Waals surface area contributed by atoms with Gasteiger partial charge in [0, 0.05) is 0 Å². The Morgan fingerprint density at radius 1 is 1.50 bits per heavy atom. The number of carboxylic acid groups (broad SMARTS) is 1. The van der Waals surface area contributed by atoms with E-state index < -0.39 is 5.97 Å². The third kappa shape index (κ3) is 2.25. The highest BCUT2D eigenvalue weighted by Crippen LogP contribution is 2.21. The van der Waals surface area contributed by atoms with Crippen LogP contribution >= 0.6 is 0 Å². The molecular weight excluding hydrogens is 180 g/mol. The van der Waals surface area contributed by atoms with Gasteiger partial charge >= 0.3 is 5.97 Å². The van der Waals surface area contributed by atoms with Gasteiger partial charge in [-0.15, -0.1) is 0 Å². The van der Waals surface area contributed by atoms with Crippen LogP contribution < -0.4 is 4.74 Å². The molecule has 14 heavy (non-hydrogen) atoms. The number of hydrogen-bond donors (Lipinski definition) is 1. The van der Waals surface area contributed by atoms with Gasteiger partial charge in [-0.25, -0.2) is 4.79 Å². The monoisotopic (exact) mass is 194 g/mol. The third-order valence-electron chi connectivity index (χ3n) is 2.05. The molecule has 0 aliphatic rings. The van der Waals surface area contributed by atoms with Gasteiger partial charge in [-0.3, -0.25) is 0 Å². The molecule has 1 rings (SSSR count). The topological polar surface area (TPSA) is 46.5 Å². The van der Waals surface area contributed by atoms with Crippen molar-refractivity contribution in [2.45, 2.75) is 19.8 Å². The summed E-state index contributed by atoms with van der Waals surface area (Å²) in [5.41, 5.74) is 1.27. The maximum Gasteiger partial charge on any atom is 0.335 e. The molecular formula is C11H14O3. The van der Waals surface area contributed by atoms with E-state index in [4.69, 9.17) is 9.84 Å². The Bertz CT molecular complexity index is 331. The summed E-state index contributed by atoms with van der Waals surface area (Å²) in [4.78, 5) is 10.7. The molecule has 1 N–H and O–H groups in total. The van der Waals surface area contributed by atoms with E-state index in [9.17, 15) is 4.79 Å². The molecule has 76 valence electrons. The second kappa shape index (κ2) is 4.65. The van der Waals surface area contributed by atoms with E-state index in [0.717, 1.165) is 24.2 Å². The smallest absolute Gasteiger partial charge is 0.335 e. The van der Waals surface area contributed by atoms with Gasteiger partial charge < -0.3 is 9.84 Å². The van der Waals surface area contributed by atoms with Crippen molar-refractivity contribution in [1.82, 2.24) is 0 Å². The molecule has 3 heteroatoms. The van der Waals surface area contributed by atoms with Crippen LogP contribution in [0, 0.1) is 0 Å². The van der Waals surface area contributed by atoms with Gasteiger partial charge in [0.05, 0.1) is 12.7 Å². The number of aryl methyl sites for hydroxylation is 1. The lowest BCUT2D eigenvalue weighted by atomic mass is 10.1. The molecule has 0 fully saturated rings. The molecule has 3 nitrogen and oxygen atoms in total. The van der Waals surface area contributed by atoms with Crippen molar-refractivity contribution in [2.24, 2.45) is 0 Å². The van der Waals surface area contributed by atoms with Gasteiger partial charge in [0.25, 0.3) is 0 Å². The summed E-state index contributed by atoms with van der Waals surface area (Å²) in [5.74, 6) is -0.137. The van der Waals surface area contributed by atoms with Crippen molar-refractivity contribution in [1.29, 1.82) is 0 Å². The SMILES string of the molecule is CCCc1cc(C(=O)O)ccc1OC. The minimum atomic E-state index is -0.898. The number of carboxylic acids is 1. The van der Waals surface area contributed by atoms with Gasteiger partial charge in [0.15, 0.2) is 0 Å². The number of hydrogen-bond acceptors (Lipinski definition) is 2. The number of carbonyl (C=O) groups is 1. The molecule has 0 unspecified atom stereocenters. The van der Waals surface area contributed by atoms with E-state index >= 15 is 0 Å². The zero-order chi connectivity index (χ0) is 10.6. The fourth-order valence-corrected chi connectivity index (χ4v) is 1.38. The molecule has 1 aromatic carbocycles. The van der Waals surface area contributed by atoms with E-state index in [1.54, 1.807) is 25.3 Å². The van der Waals surface area contributed by atoms with Crippen molar-refractivity contribution < 1.29 is 14.6 Å². The zero-order valence-corrected chi connectivity index (χ0v) is 8.41. The molecule has 0 bridgehead atoms. The first-order valence-corrected chi connectivity index (χ1v) is 4.59. The maximum atomic E-state index is 10.7. The van der Waals surface area contributed by atoms with Crippen molar-refractivity contribution in [3.05, 3.63) is 29.3 Å². The number of rotatable bonds is 4. The van der Waals surface area contributed by atoms with E-state index in [1.807, 2.05) is 6.92 Å². The summed E-state index contributed by atoms with van der Waals surface area (Å²) in [6.45, 7) is 2.05. The molecule has 0 aliphatic heterocycles. The zero-order valence-electron chi connectivity index (χ0n) is 8.41. The molecule has 0 aliphatic carbocycles. The molecule has 1 aromatic rings. The highest BCUT2D eigenvalue weighted by atomic mass is 16.5. The summed E-state index contributed by atoms with van der Waals surface area (Å²) in [6, 6.07) is 4.93. The molecule has 0 aromatic heterocycles. The first-order valence-electron chi connectivity index (χ1n) is 4.59. The van der Waals surface area contributed by atoms with Crippen molar-refractivity contribution in [3.8, 4) is 5.75 Å². The van der Waals surface area contributed by atoms with Gasteiger partial charge in [-0.1, -0.05) is 13.3 Å². The number of ether oxygens (including phenoxy) is 1. The van der Waals surface area contributed by atoms with Crippen LogP contribution in [0.1, 0.15) is 29.3 Å². The summed E-state index contributed by atoms with van der Waals surface area (Å²) in [5, 5.41) is 8.80. The van der Waals surface area contributed by atoms with E-state index in [0.29, 0.717) is 5.56 Å². The normalized spacial score (nSPS) is 9.86. The van der Waals surface area contributed by atoms with Crippen molar-refractivity contribution in [2.75, 3.05) is 7.11 Å². The first-order chi connectivity index (χ1) is 6.69. The minimum absolute atomic E-state index is 0.314. The number of benzene rings is 1. The molecule has 0 saturated carbocycles.